The summed E-state index contributed by atoms with van der Waals surface area (Å²) in [5.41, 5.74) is 0. The van der Waals surface area contributed by atoms with Gasteiger partial charge >= 0.3 is 149 Å². The standard InChI is InChI=1S/C5H5.3C4H8O2.Sn/c1-2-4-5-3-1;3*1-2-3-4(5)6;/h1-5H;3*2-3H2,1H3,(H,5,6);/q;;;;+3/p-3. The van der Waals surface area contributed by atoms with Gasteiger partial charge in [-0.25, -0.2) is 0 Å². The van der Waals surface area contributed by atoms with Gasteiger partial charge in [0.15, 0.2) is 0 Å². The van der Waals surface area contributed by atoms with Crippen molar-refractivity contribution in [2.75, 3.05) is 0 Å². The Morgan fingerprint density at radius 2 is 1.08 bits per heavy atom. The fourth-order valence-electron chi connectivity index (χ4n) is 2.18. The maximum absolute atomic E-state index is 12.1. The Kier molecular flexibility index (Phi) is 9.10. The van der Waals surface area contributed by atoms with Crippen LogP contribution in [0.15, 0.2) is 24.3 Å². The van der Waals surface area contributed by atoms with Gasteiger partial charge in [-0.2, -0.15) is 0 Å². The van der Waals surface area contributed by atoms with Gasteiger partial charge in [0.2, 0.25) is 0 Å². The molecule has 1 aliphatic rings. The summed E-state index contributed by atoms with van der Waals surface area (Å²) < 4.78 is 16.3. The minimum absolute atomic E-state index is 0.190. The number of carbonyl (C=O) groups excluding carboxylic acids is 3. The molecule has 0 heterocycles. The van der Waals surface area contributed by atoms with Crippen molar-refractivity contribution in [1.82, 2.24) is 0 Å². The molecule has 0 bridgehead atoms. The second kappa shape index (κ2) is 10.5. The molecule has 0 saturated heterocycles. The molecule has 24 heavy (non-hydrogen) atoms. The molecule has 0 amide bonds. The third-order valence-corrected chi connectivity index (χ3v) is 11.1. The molecule has 0 aromatic carbocycles. The van der Waals surface area contributed by atoms with Gasteiger partial charge in [0.1, 0.15) is 0 Å². The fraction of sp³-hybridized carbons (Fsp3) is 0.588. The van der Waals surface area contributed by atoms with E-state index in [0.29, 0.717) is 19.3 Å². The quantitative estimate of drug-likeness (QED) is 0.480. The number of rotatable bonds is 10. The maximum atomic E-state index is 12.1. The molecule has 0 fully saturated rings. The van der Waals surface area contributed by atoms with Crippen molar-refractivity contribution in [3.05, 3.63) is 24.3 Å². The van der Waals surface area contributed by atoms with Crippen LogP contribution in [-0.2, 0) is 23.6 Å². The van der Waals surface area contributed by atoms with Gasteiger partial charge in [0.05, 0.1) is 0 Å². The van der Waals surface area contributed by atoms with Crippen molar-refractivity contribution in [3.8, 4) is 0 Å². The van der Waals surface area contributed by atoms with Crippen molar-refractivity contribution in [2.24, 2.45) is 0 Å². The third kappa shape index (κ3) is 6.30. The Bertz CT molecular complexity index is 449. The Morgan fingerprint density at radius 3 is 1.38 bits per heavy atom. The molecule has 1 rings (SSSR count). The predicted octanol–water partition coefficient (Wildman–Crippen LogP) is 3.45. The summed E-state index contributed by atoms with van der Waals surface area (Å²) in [6.45, 7) is 5.54. The van der Waals surface area contributed by atoms with Crippen molar-refractivity contribution < 1.29 is 23.6 Å². The van der Waals surface area contributed by atoms with E-state index in [1.54, 1.807) is 24.3 Å². The molecule has 0 atom stereocenters. The van der Waals surface area contributed by atoms with Gasteiger partial charge in [-0.3, -0.25) is 0 Å². The predicted molar refractivity (Wildman–Crippen MR) is 90.8 cm³/mol. The summed E-state index contributed by atoms with van der Waals surface area (Å²) in [6.07, 6.45) is 9.42. The van der Waals surface area contributed by atoms with Gasteiger partial charge in [0.25, 0.3) is 0 Å². The molecule has 0 aromatic heterocycles. The molecule has 0 aromatic rings. The summed E-state index contributed by atoms with van der Waals surface area (Å²) in [6, 6.07) is 0. The molecule has 6 nitrogen and oxygen atoms in total. The molecule has 7 heteroatoms. The first-order chi connectivity index (χ1) is 11.5. The van der Waals surface area contributed by atoms with E-state index in [1.807, 2.05) is 20.8 Å². The first kappa shape index (κ1) is 20.7. The van der Waals surface area contributed by atoms with Gasteiger partial charge in [0, 0.05) is 0 Å². The first-order valence-electron chi connectivity index (χ1n) is 8.47. The van der Waals surface area contributed by atoms with E-state index in [2.05, 4.69) is 0 Å². The second-order valence-corrected chi connectivity index (χ2v) is 12.7. The van der Waals surface area contributed by atoms with Crippen LogP contribution < -0.4 is 0 Å². The van der Waals surface area contributed by atoms with Crippen molar-refractivity contribution in [3.63, 3.8) is 0 Å². The van der Waals surface area contributed by atoms with Crippen LogP contribution in [0, 0.1) is 0 Å². The molecular weight excluding hydrogens is 419 g/mol. The molecular formula is C17H26O6Sn. The molecule has 0 saturated carbocycles. The van der Waals surface area contributed by atoms with Crippen LogP contribution in [0.2, 0.25) is 3.93 Å². The number of carbonyl (C=O) groups is 3. The monoisotopic (exact) mass is 446 g/mol. The van der Waals surface area contributed by atoms with E-state index >= 15 is 0 Å². The molecule has 0 radical (unpaired) electrons. The molecule has 0 unspecified atom stereocenters. The van der Waals surface area contributed by atoms with Crippen molar-refractivity contribution in [1.29, 1.82) is 0 Å². The van der Waals surface area contributed by atoms with E-state index in [9.17, 15) is 14.4 Å². The van der Waals surface area contributed by atoms with Crippen molar-refractivity contribution >= 4 is 37.5 Å². The van der Waals surface area contributed by atoms with Crippen LogP contribution in [0.4, 0.5) is 0 Å². The summed E-state index contributed by atoms with van der Waals surface area (Å²) in [5.74, 6) is -1.47. The zero-order chi connectivity index (χ0) is 18.0. The topological polar surface area (TPSA) is 78.9 Å². The van der Waals surface area contributed by atoms with Crippen LogP contribution in [-0.4, -0.2) is 37.5 Å². The zero-order valence-electron chi connectivity index (χ0n) is 14.6. The molecule has 1 aliphatic carbocycles. The second-order valence-electron chi connectivity index (χ2n) is 5.57. The van der Waals surface area contributed by atoms with E-state index in [0.717, 1.165) is 0 Å². The summed E-state index contributed by atoms with van der Waals surface area (Å²) in [7, 11) is 0. The Labute approximate surface area is 148 Å². The van der Waals surface area contributed by atoms with E-state index in [4.69, 9.17) is 9.22 Å². The van der Waals surface area contributed by atoms with Crippen LogP contribution in [0.3, 0.4) is 0 Å². The Hall–Kier alpha value is -1.31. The average Bonchev–Trinajstić information content (AvgIpc) is 3.02. The number of hydrogen-bond acceptors (Lipinski definition) is 6. The normalized spacial score (nSPS) is 13.8. The van der Waals surface area contributed by atoms with Gasteiger partial charge in [-0.05, 0) is 0 Å². The van der Waals surface area contributed by atoms with E-state index in [-0.39, 0.29) is 19.3 Å². The molecule has 0 spiro atoms. The SMILES string of the molecule is CCCC(=O)[O][Sn]([O]C(=O)CCC)([O]C(=O)CCC)[CH]1C=CC=C1. The van der Waals surface area contributed by atoms with Gasteiger partial charge in [-0.15, -0.1) is 0 Å². The third-order valence-electron chi connectivity index (χ3n) is 3.29. The van der Waals surface area contributed by atoms with Gasteiger partial charge in [-0.1, -0.05) is 0 Å². The Morgan fingerprint density at radius 1 is 0.750 bits per heavy atom. The van der Waals surface area contributed by atoms with Crippen LogP contribution in [0.25, 0.3) is 0 Å². The average molecular weight is 445 g/mol. The van der Waals surface area contributed by atoms with Crippen LogP contribution >= 0.6 is 0 Å². The molecule has 0 N–H and O–H groups in total. The minimum atomic E-state index is -4.81. The number of hydrogen-bond donors (Lipinski definition) is 0. The summed E-state index contributed by atoms with van der Waals surface area (Å²) >= 11 is -4.81. The van der Waals surface area contributed by atoms with Gasteiger partial charge < -0.3 is 0 Å². The zero-order valence-corrected chi connectivity index (χ0v) is 17.4. The van der Waals surface area contributed by atoms with Crippen LogP contribution in [0.5, 0.6) is 0 Å². The van der Waals surface area contributed by atoms with E-state index < -0.39 is 41.5 Å². The Balaban J connectivity index is 3.11. The number of allylic oxidation sites excluding steroid dienone is 4. The summed E-state index contributed by atoms with van der Waals surface area (Å²) in [5, 5.41) is 0. The van der Waals surface area contributed by atoms with Crippen LogP contribution in [0.1, 0.15) is 59.3 Å². The van der Waals surface area contributed by atoms with Crippen molar-refractivity contribution in [2.45, 2.75) is 63.2 Å². The summed E-state index contributed by atoms with van der Waals surface area (Å²) in [4.78, 5) is 36.3. The fourth-order valence-corrected chi connectivity index (χ4v) is 9.27. The van der Waals surface area contributed by atoms with E-state index in [1.165, 1.54) is 0 Å². The molecule has 134 valence electrons. The first-order valence-corrected chi connectivity index (χ1v) is 13.6. The molecule has 0 aliphatic heterocycles.